The standard InChI is InChI=1S/C21H21F2N3O5/c22-16-2-1-3-17(23)20(16)21(29)31-13-19(28)25-15-6-4-14(5-7-15)24-18(27)12-26-8-10-30-11-9-26/h1-7H,8-13H2,(H,24,27)(H,25,28). The molecule has 8 nitrogen and oxygen atoms in total. The summed E-state index contributed by atoms with van der Waals surface area (Å²) < 4.78 is 37.0. The van der Waals surface area contributed by atoms with Gasteiger partial charge in [0.15, 0.2) is 6.61 Å². The number of amides is 2. The van der Waals surface area contributed by atoms with Crippen molar-refractivity contribution in [1.82, 2.24) is 4.90 Å². The van der Waals surface area contributed by atoms with E-state index >= 15 is 0 Å². The highest BCUT2D eigenvalue weighted by atomic mass is 19.1. The Labute approximate surface area is 177 Å². The number of rotatable bonds is 7. The second-order valence-corrected chi connectivity index (χ2v) is 6.74. The molecule has 10 heteroatoms. The second kappa shape index (κ2) is 10.6. The van der Waals surface area contributed by atoms with E-state index < -0.39 is 35.7 Å². The lowest BCUT2D eigenvalue weighted by Gasteiger charge is -2.25. The van der Waals surface area contributed by atoms with Gasteiger partial charge in [-0.3, -0.25) is 14.5 Å². The molecule has 1 fully saturated rings. The molecule has 1 saturated heterocycles. The predicted octanol–water partition coefficient (Wildman–Crippen LogP) is 2.03. The van der Waals surface area contributed by atoms with Crippen molar-refractivity contribution in [3.05, 3.63) is 59.7 Å². The van der Waals surface area contributed by atoms with Crippen LogP contribution in [0.2, 0.25) is 0 Å². The highest BCUT2D eigenvalue weighted by Gasteiger charge is 2.19. The summed E-state index contributed by atoms with van der Waals surface area (Å²) in [6, 6.07) is 9.27. The van der Waals surface area contributed by atoms with Crippen LogP contribution in [0.5, 0.6) is 0 Å². The smallest absolute Gasteiger partial charge is 0.344 e. The lowest BCUT2D eigenvalue weighted by molar-refractivity contribution is -0.119. The minimum Gasteiger partial charge on any atom is -0.452 e. The van der Waals surface area contributed by atoms with Gasteiger partial charge in [0.2, 0.25) is 5.91 Å². The summed E-state index contributed by atoms with van der Waals surface area (Å²) in [5.74, 6) is -4.27. The zero-order valence-corrected chi connectivity index (χ0v) is 16.5. The number of anilines is 2. The number of ether oxygens (including phenoxy) is 2. The fourth-order valence-corrected chi connectivity index (χ4v) is 2.89. The lowest BCUT2D eigenvalue weighted by Crippen LogP contribution is -2.41. The molecule has 1 aliphatic heterocycles. The number of nitrogens with one attached hydrogen (secondary N) is 2. The van der Waals surface area contributed by atoms with E-state index in [1.807, 2.05) is 4.90 Å². The third-order valence-corrected chi connectivity index (χ3v) is 4.42. The van der Waals surface area contributed by atoms with Gasteiger partial charge in [-0.25, -0.2) is 13.6 Å². The third-order valence-electron chi connectivity index (χ3n) is 4.42. The zero-order valence-electron chi connectivity index (χ0n) is 16.5. The van der Waals surface area contributed by atoms with Crippen molar-refractivity contribution in [1.29, 1.82) is 0 Å². The number of carbonyl (C=O) groups excluding carboxylic acids is 3. The van der Waals surface area contributed by atoms with E-state index in [4.69, 9.17) is 4.74 Å². The van der Waals surface area contributed by atoms with E-state index in [-0.39, 0.29) is 12.5 Å². The van der Waals surface area contributed by atoms with Crippen LogP contribution in [0.1, 0.15) is 10.4 Å². The van der Waals surface area contributed by atoms with Gasteiger partial charge in [0.25, 0.3) is 5.91 Å². The van der Waals surface area contributed by atoms with E-state index in [1.165, 1.54) is 0 Å². The molecule has 0 radical (unpaired) electrons. The number of carbonyl (C=O) groups is 3. The van der Waals surface area contributed by atoms with Crippen molar-refractivity contribution in [2.45, 2.75) is 0 Å². The highest BCUT2D eigenvalue weighted by molar-refractivity contribution is 5.96. The molecular weight excluding hydrogens is 412 g/mol. The first-order valence-corrected chi connectivity index (χ1v) is 9.53. The van der Waals surface area contributed by atoms with Crippen LogP contribution in [0, 0.1) is 11.6 Å². The Kier molecular flexibility index (Phi) is 7.63. The number of benzene rings is 2. The summed E-state index contributed by atoms with van der Waals surface area (Å²) in [5.41, 5.74) is 0.0921. The van der Waals surface area contributed by atoms with Crippen LogP contribution >= 0.6 is 0 Å². The molecule has 164 valence electrons. The Bertz CT molecular complexity index is 926. The second-order valence-electron chi connectivity index (χ2n) is 6.74. The zero-order chi connectivity index (χ0) is 22.2. The fourth-order valence-electron chi connectivity index (χ4n) is 2.89. The number of halogens is 2. The Morgan fingerprint density at radius 2 is 1.45 bits per heavy atom. The maximum absolute atomic E-state index is 13.6. The molecule has 0 atom stereocenters. The SMILES string of the molecule is O=C(COC(=O)c1c(F)cccc1F)Nc1ccc(NC(=O)CN2CCOCC2)cc1. The van der Waals surface area contributed by atoms with Crippen molar-refractivity contribution in [2.75, 3.05) is 50.1 Å². The Morgan fingerprint density at radius 1 is 0.903 bits per heavy atom. The first-order valence-electron chi connectivity index (χ1n) is 9.53. The van der Waals surface area contributed by atoms with Crippen LogP contribution < -0.4 is 10.6 Å². The molecule has 0 saturated carbocycles. The number of nitrogens with zero attached hydrogens (tertiary/aromatic N) is 1. The summed E-state index contributed by atoms with van der Waals surface area (Å²) in [5, 5.41) is 5.25. The van der Waals surface area contributed by atoms with E-state index in [0.717, 1.165) is 18.2 Å². The van der Waals surface area contributed by atoms with Gasteiger partial charge in [-0.15, -0.1) is 0 Å². The molecule has 0 unspecified atom stereocenters. The van der Waals surface area contributed by atoms with Gasteiger partial charge in [0.05, 0.1) is 19.8 Å². The molecule has 2 N–H and O–H groups in total. The predicted molar refractivity (Wildman–Crippen MR) is 108 cm³/mol. The molecule has 2 amide bonds. The molecule has 0 aliphatic carbocycles. The van der Waals surface area contributed by atoms with Crippen molar-refractivity contribution < 1.29 is 32.6 Å². The largest absolute Gasteiger partial charge is 0.452 e. The van der Waals surface area contributed by atoms with E-state index in [2.05, 4.69) is 15.4 Å². The summed E-state index contributed by atoms with van der Waals surface area (Å²) in [6.07, 6.45) is 0. The van der Waals surface area contributed by atoms with E-state index in [1.54, 1.807) is 24.3 Å². The molecular formula is C21H21F2N3O5. The maximum atomic E-state index is 13.6. The minimum absolute atomic E-state index is 0.161. The average Bonchev–Trinajstić information content (AvgIpc) is 2.74. The highest BCUT2D eigenvalue weighted by Crippen LogP contribution is 2.15. The van der Waals surface area contributed by atoms with Gasteiger partial charge in [-0.1, -0.05) is 6.07 Å². The fraction of sp³-hybridized carbons (Fsp3) is 0.286. The van der Waals surface area contributed by atoms with Gasteiger partial charge in [-0.05, 0) is 36.4 Å². The Hall–Kier alpha value is -3.37. The monoisotopic (exact) mass is 433 g/mol. The van der Waals surface area contributed by atoms with Crippen LogP contribution in [0.25, 0.3) is 0 Å². The first kappa shape index (κ1) is 22.3. The summed E-state index contributed by atoms with van der Waals surface area (Å²) in [6.45, 7) is 2.15. The van der Waals surface area contributed by atoms with E-state index in [0.29, 0.717) is 37.7 Å². The van der Waals surface area contributed by atoms with Crippen LogP contribution in [0.4, 0.5) is 20.2 Å². The number of morpholine rings is 1. The van der Waals surface area contributed by atoms with Crippen LogP contribution in [0.3, 0.4) is 0 Å². The summed E-state index contributed by atoms with van der Waals surface area (Å²) in [4.78, 5) is 37.8. The topological polar surface area (TPSA) is 97.0 Å². The van der Waals surface area contributed by atoms with Crippen molar-refractivity contribution >= 4 is 29.2 Å². The van der Waals surface area contributed by atoms with Crippen molar-refractivity contribution in [3.8, 4) is 0 Å². The van der Waals surface area contributed by atoms with Gasteiger partial charge in [0.1, 0.15) is 17.2 Å². The van der Waals surface area contributed by atoms with Gasteiger partial charge < -0.3 is 20.1 Å². The molecule has 1 heterocycles. The van der Waals surface area contributed by atoms with Gasteiger partial charge >= 0.3 is 5.97 Å². The normalized spacial score (nSPS) is 14.0. The Balaban J connectivity index is 1.45. The van der Waals surface area contributed by atoms with Crippen LogP contribution in [0.15, 0.2) is 42.5 Å². The number of hydrogen-bond acceptors (Lipinski definition) is 6. The molecule has 2 aromatic carbocycles. The van der Waals surface area contributed by atoms with E-state index in [9.17, 15) is 23.2 Å². The van der Waals surface area contributed by atoms with Gasteiger partial charge in [-0.2, -0.15) is 0 Å². The minimum atomic E-state index is -1.27. The molecule has 0 spiro atoms. The summed E-state index contributed by atoms with van der Waals surface area (Å²) >= 11 is 0. The third kappa shape index (κ3) is 6.56. The molecule has 0 aromatic heterocycles. The molecule has 2 aromatic rings. The number of esters is 1. The molecule has 0 bridgehead atoms. The molecule has 3 rings (SSSR count). The Morgan fingerprint density at radius 3 is 2.03 bits per heavy atom. The average molecular weight is 433 g/mol. The summed E-state index contributed by atoms with van der Waals surface area (Å²) in [7, 11) is 0. The first-order chi connectivity index (χ1) is 14.9. The van der Waals surface area contributed by atoms with Crippen molar-refractivity contribution in [2.24, 2.45) is 0 Å². The maximum Gasteiger partial charge on any atom is 0.344 e. The number of hydrogen-bond donors (Lipinski definition) is 2. The van der Waals surface area contributed by atoms with Crippen LogP contribution in [-0.2, 0) is 19.1 Å². The quantitative estimate of drug-likeness (QED) is 0.649. The van der Waals surface area contributed by atoms with Crippen LogP contribution in [-0.4, -0.2) is 62.1 Å². The lowest BCUT2D eigenvalue weighted by atomic mass is 10.2. The molecule has 31 heavy (non-hydrogen) atoms. The van der Waals surface area contributed by atoms with Gasteiger partial charge in [0, 0.05) is 24.5 Å². The molecule has 1 aliphatic rings. The van der Waals surface area contributed by atoms with Crippen molar-refractivity contribution in [3.63, 3.8) is 0 Å².